The number of nitrogens with zero attached hydrogens (tertiary/aromatic N) is 1. The molecule has 0 aromatic heterocycles. The molecule has 19 heavy (non-hydrogen) atoms. The van der Waals surface area contributed by atoms with Gasteiger partial charge in [-0.15, -0.1) is 0 Å². The fraction of sp³-hybridized carbons (Fsp3) is 0.462. The van der Waals surface area contributed by atoms with E-state index in [1.165, 1.54) is 6.07 Å². The smallest absolute Gasteiger partial charge is 0.274 e. The lowest BCUT2D eigenvalue weighted by atomic mass is 9.93. The second-order valence-electron chi connectivity index (χ2n) is 4.68. The zero-order valence-electron chi connectivity index (χ0n) is 10.4. The van der Waals surface area contributed by atoms with Crippen LogP contribution in [0.2, 0.25) is 5.02 Å². The van der Waals surface area contributed by atoms with Gasteiger partial charge in [0.05, 0.1) is 9.95 Å². The molecule has 1 aromatic rings. The molecular weight excluding hydrogens is 268 g/mol. The minimum absolute atomic E-state index is 0.00968. The van der Waals surface area contributed by atoms with Crippen molar-refractivity contribution in [3.05, 3.63) is 38.9 Å². The summed E-state index contributed by atoms with van der Waals surface area (Å²) in [6.45, 7) is 0.681. The van der Waals surface area contributed by atoms with Crippen LogP contribution in [0, 0.1) is 16.0 Å². The third-order valence-electron chi connectivity index (χ3n) is 3.39. The Bertz CT molecular complexity index is 505. The number of carbonyl (C=O) groups is 1. The highest BCUT2D eigenvalue weighted by atomic mass is 35.5. The van der Waals surface area contributed by atoms with Crippen molar-refractivity contribution in [3.8, 4) is 0 Å². The second-order valence-corrected chi connectivity index (χ2v) is 5.09. The van der Waals surface area contributed by atoms with Crippen LogP contribution in [0.5, 0.6) is 0 Å². The summed E-state index contributed by atoms with van der Waals surface area (Å²) >= 11 is 6.05. The van der Waals surface area contributed by atoms with E-state index in [9.17, 15) is 14.9 Å². The van der Waals surface area contributed by atoms with Gasteiger partial charge in [-0.1, -0.05) is 24.1 Å². The van der Waals surface area contributed by atoms with Crippen molar-refractivity contribution in [2.75, 3.05) is 6.54 Å². The van der Waals surface area contributed by atoms with E-state index in [0.29, 0.717) is 23.6 Å². The highest BCUT2D eigenvalue weighted by Gasteiger charge is 2.26. The number of nitro groups is 1. The second kappa shape index (κ2) is 6.02. The Morgan fingerprint density at radius 1 is 1.42 bits per heavy atom. The molecule has 0 saturated carbocycles. The number of benzene rings is 1. The van der Waals surface area contributed by atoms with E-state index in [-0.39, 0.29) is 17.5 Å². The summed E-state index contributed by atoms with van der Waals surface area (Å²) in [6.07, 6.45) is 2.96. The molecule has 1 amide bonds. The fourth-order valence-electron chi connectivity index (χ4n) is 2.36. The van der Waals surface area contributed by atoms with E-state index < -0.39 is 4.92 Å². The van der Waals surface area contributed by atoms with Crippen LogP contribution in [-0.2, 0) is 11.2 Å². The Hall–Kier alpha value is -1.62. The average molecular weight is 283 g/mol. The van der Waals surface area contributed by atoms with Gasteiger partial charge < -0.3 is 5.32 Å². The van der Waals surface area contributed by atoms with E-state index in [1.807, 2.05) is 0 Å². The van der Waals surface area contributed by atoms with Crippen LogP contribution in [0.3, 0.4) is 0 Å². The first-order valence-electron chi connectivity index (χ1n) is 6.29. The fourth-order valence-corrected chi connectivity index (χ4v) is 2.61. The number of halogens is 1. The summed E-state index contributed by atoms with van der Waals surface area (Å²) < 4.78 is 0. The Morgan fingerprint density at radius 3 is 2.95 bits per heavy atom. The van der Waals surface area contributed by atoms with Gasteiger partial charge in [-0.3, -0.25) is 14.9 Å². The summed E-state index contributed by atoms with van der Waals surface area (Å²) in [7, 11) is 0. The molecule has 102 valence electrons. The summed E-state index contributed by atoms with van der Waals surface area (Å²) in [4.78, 5) is 22.4. The predicted octanol–water partition coefficient (Wildman–Crippen LogP) is 2.71. The van der Waals surface area contributed by atoms with Gasteiger partial charge >= 0.3 is 0 Å². The molecule has 1 atom stereocenters. The number of hydrogen-bond donors (Lipinski definition) is 1. The monoisotopic (exact) mass is 282 g/mol. The first kappa shape index (κ1) is 13.8. The molecule has 2 rings (SSSR count). The lowest BCUT2D eigenvalue weighted by Gasteiger charge is -2.14. The number of hydrogen-bond acceptors (Lipinski definition) is 3. The standard InChI is InChI=1S/C13H15ClN2O3/c14-11-5-3-6-12(16(18)19)10(11)8-9-4-1-2-7-15-13(9)17/h3,5-6,9H,1-2,4,7-8H2,(H,15,17). The van der Waals surface area contributed by atoms with E-state index >= 15 is 0 Å². The van der Waals surface area contributed by atoms with Crippen LogP contribution >= 0.6 is 11.6 Å². The number of carbonyl (C=O) groups excluding carboxylic acids is 1. The van der Waals surface area contributed by atoms with Crippen LogP contribution in [0.1, 0.15) is 24.8 Å². The van der Waals surface area contributed by atoms with Crippen LogP contribution in [0.4, 0.5) is 5.69 Å². The Morgan fingerprint density at radius 2 is 2.21 bits per heavy atom. The number of amides is 1. The van der Waals surface area contributed by atoms with E-state index in [2.05, 4.69) is 5.32 Å². The van der Waals surface area contributed by atoms with Gasteiger partial charge in [0.15, 0.2) is 0 Å². The van der Waals surface area contributed by atoms with Crippen LogP contribution in [-0.4, -0.2) is 17.4 Å². The predicted molar refractivity (Wildman–Crippen MR) is 72.2 cm³/mol. The Labute approximate surface area is 116 Å². The number of rotatable bonds is 3. The third kappa shape index (κ3) is 3.23. The van der Waals surface area contributed by atoms with Crippen LogP contribution in [0.25, 0.3) is 0 Å². The van der Waals surface area contributed by atoms with Crippen LogP contribution in [0.15, 0.2) is 18.2 Å². The molecule has 1 saturated heterocycles. The molecule has 0 aliphatic carbocycles. The molecule has 1 aliphatic rings. The van der Waals surface area contributed by atoms with Gasteiger partial charge in [0.1, 0.15) is 0 Å². The summed E-state index contributed by atoms with van der Waals surface area (Å²) in [6, 6.07) is 4.60. The van der Waals surface area contributed by atoms with Gasteiger partial charge in [-0.25, -0.2) is 0 Å². The molecule has 1 aliphatic heterocycles. The van der Waals surface area contributed by atoms with Crippen molar-refractivity contribution >= 4 is 23.2 Å². The summed E-state index contributed by atoms with van der Waals surface area (Å²) in [5.41, 5.74) is 0.445. The van der Waals surface area contributed by atoms with Crippen molar-refractivity contribution in [1.82, 2.24) is 5.32 Å². The summed E-state index contributed by atoms with van der Waals surface area (Å²) in [5.74, 6) is -0.271. The molecule has 1 unspecified atom stereocenters. The van der Waals surface area contributed by atoms with Gasteiger partial charge in [0.25, 0.3) is 5.69 Å². The maximum Gasteiger partial charge on any atom is 0.274 e. The minimum atomic E-state index is -0.449. The van der Waals surface area contributed by atoms with E-state index in [1.54, 1.807) is 12.1 Å². The average Bonchev–Trinajstić information content (AvgIpc) is 2.57. The summed E-state index contributed by atoms with van der Waals surface area (Å²) in [5, 5.41) is 14.2. The van der Waals surface area contributed by atoms with Crippen molar-refractivity contribution < 1.29 is 9.72 Å². The molecule has 0 bridgehead atoms. The molecule has 1 N–H and O–H groups in total. The topological polar surface area (TPSA) is 72.2 Å². The maximum atomic E-state index is 11.9. The van der Waals surface area contributed by atoms with E-state index in [4.69, 9.17) is 11.6 Å². The molecule has 5 nitrogen and oxygen atoms in total. The zero-order chi connectivity index (χ0) is 13.8. The van der Waals surface area contributed by atoms with Gasteiger partial charge in [0.2, 0.25) is 5.91 Å². The largest absolute Gasteiger partial charge is 0.356 e. The molecule has 1 aromatic carbocycles. The number of nitrogens with one attached hydrogen (secondary N) is 1. The minimum Gasteiger partial charge on any atom is -0.356 e. The molecule has 0 radical (unpaired) electrons. The lowest BCUT2D eigenvalue weighted by Crippen LogP contribution is -2.30. The normalized spacial score (nSPS) is 19.6. The Balaban J connectivity index is 2.26. The molecular formula is C13H15ClN2O3. The lowest BCUT2D eigenvalue weighted by molar-refractivity contribution is -0.385. The highest BCUT2D eigenvalue weighted by molar-refractivity contribution is 6.31. The maximum absolute atomic E-state index is 11.9. The Kier molecular flexibility index (Phi) is 4.37. The van der Waals surface area contributed by atoms with Gasteiger partial charge in [-0.05, 0) is 25.3 Å². The van der Waals surface area contributed by atoms with Gasteiger partial charge in [0, 0.05) is 24.1 Å². The van der Waals surface area contributed by atoms with Crippen molar-refractivity contribution in [2.45, 2.75) is 25.7 Å². The highest BCUT2D eigenvalue weighted by Crippen LogP contribution is 2.30. The van der Waals surface area contributed by atoms with Crippen molar-refractivity contribution in [1.29, 1.82) is 0 Å². The molecule has 1 heterocycles. The first-order valence-corrected chi connectivity index (χ1v) is 6.67. The van der Waals surface area contributed by atoms with Crippen molar-refractivity contribution in [3.63, 3.8) is 0 Å². The first-order chi connectivity index (χ1) is 9.09. The van der Waals surface area contributed by atoms with Crippen molar-refractivity contribution in [2.24, 2.45) is 5.92 Å². The third-order valence-corrected chi connectivity index (χ3v) is 3.74. The zero-order valence-corrected chi connectivity index (χ0v) is 11.2. The molecule has 0 spiro atoms. The van der Waals surface area contributed by atoms with E-state index in [0.717, 1.165) is 19.3 Å². The quantitative estimate of drug-likeness (QED) is 0.684. The van der Waals surface area contributed by atoms with Crippen LogP contribution < -0.4 is 5.32 Å². The van der Waals surface area contributed by atoms with Gasteiger partial charge in [-0.2, -0.15) is 0 Å². The number of nitro benzene ring substituents is 1. The SMILES string of the molecule is O=C1NCCCCC1Cc1c(Cl)cccc1[N+](=O)[O-]. The molecule has 6 heteroatoms. The molecule has 1 fully saturated rings.